The molecule has 0 aromatic carbocycles. The van der Waals surface area contributed by atoms with E-state index in [1.54, 1.807) is 6.92 Å². The summed E-state index contributed by atoms with van der Waals surface area (Å²) < 4.78 is 115. The number of esters is 2. The van der Waals surface area contributed by atoms with Gasteiger partial charge in [0.1, 0.15) is 189 Å². The van der Waals surface area contributed by atoms with Crippen molar-refractivity contribution in [2.45, 2.75) is 410 Å². The summed E-state index contributed by atoms with van der Waals surface area (Å²) in [5.74, 6) is -3.59. The number of rotatable bonds is 28. The number of hydrogen-bond acceptors (Lipinski definition) is 45. The molecule has 46 heteroatoms. The van der Waals surface area contributed by atoms with E-state index in [1.165, 1.54) is 32.9 Å². The van der Waals surface area contributed by atoms with Gasteiger partial charge in [-0.15, -0.1) is 6.58 Å². The number of allylic oxidation sites excluding steroid dienone is 3. The average molecular weight is 1970 g/mol. The molecular weight excluding hydrogens is 1830 g/mol. The lowest BCUT2D eigenvalue weighted by molar-refractivity contribution is -0.398. The van der Waals surface area contributed by atoms with Gasteiger partial charge in [-0.3, -0.25) is 9.59 Å². The maximum atomic E-state index is 16.6. The van der Waals surface area contributed by atoms with Crippen LogP contribution in [0.25, 0.3) is 0 Å². The van der Waals surface area contributed by atoms with Crippen molar-refractivity contribution in [3.05, 3.63) is 36.0 Å². The van der Waals surface area contributed by atoms with Crippen LogP contribution in [-0.4, -0.2) is 452 Å². The van der Waals surface area contributed by atoms with E-state index < -0.39 is 366 Å². The number of carbonyl (C=O) groups is 3. The Kier molecular flexibility index (Phi) is 34.0. The van der Waals surface area contributed by atoms with Crippen molar-refractivity contribution in [3.8, 4) is 0 Å². The van der Waals surface area contributed by atoms with Gasteiger partial charge in [0.2, 0.25) is 12.2 Å². The smallest absolute Gasteiger partial charge is 0.333 e. The molecule has 14 rings (SSSR count). The molecule has 1 amide bonds. The van der Waals surface area contributed by atoms with Crippen molar-refractivity contribution >= 4 is 17.8 Å². The quantitative estimate of drug-likeness (QED) is 0.0150. The normalized spacial score (nSPS) is 50.5. The van der Waals surface area contributed by atoms with Gasteiger partial charge in [-0.25, -0.2) is 4.79 Å². The van der Waals surface area contributed by atoms with Crippen LogP contribution in [-0.2, 0) is 104 Å². The van der Waals surface area contributed by atoms with Gasteiger partial charge in [-0.2, -0.15) is 0 Å². The highest BCUT2D eigenvalue weighted by Gasteiger charge is 2.73. The molecule has 50 atom stereocenters. The van der Waals surface area contributed by atoms with Gasteiger partial charge in [0.15, 0.2) is 56.4 Å². The van der Waals surface area contributed by atoms with E-state index in [-0.39, 0.29) is 49.7 Å². The Hall–Kier alpha value is -3.97. The zero-order valence-corrected chi connectivity index (χ0v) is 78.6. The van der Waals surface area contributed by atoms with E-state index in [2.05, 4.69) is 66.4 Å². The predicted octanol–water partition coefficient (Wildman–Crippen LogP) is -7.36. The van der Waals surface area contributed by atoms with Crippen molar-refractivity contribution in [2.75, 3.05) is 52.9 Å². The van der Waals surface area contributed by atoms with E-state index in [9.17, 15) is 127 Å². The van der Waals surface area contributed by atoms with E-state index in [0.717, 1.165) is 5.57 Å². The van der Waals surface area contributed by atoms with Crippen LogP contribution in [0.1, 0.15) is 147 Å². The number of fused-ring (bicyclic) bond motifs is 7. The molecule has 9 heterocycles. The molecule has 0 aromatic heterocycles. The number of ether oxygens (including phenoxy) is 19. The van der Waals surface area contributed by atoms with Crippen LogP contribution in [0.4, 0.5) is 0 Å². The third-order valence-electron chi connectivity index (χ3n) is 32.5. The number of hydrogen-bond donors (Lipinski definition) is 24. The molecule has 14 aliphatic rings. The van der Waals surface area contributed by atoms with Crippen LogP contribution < -0.4 is 5.32 Å². The fourth-order valence-corrected chi connectivity index (χ4v) is 24.0. The van der Waals surface area contributed by atoms with Gasteiger partial charge in [-0.1, -0.05) is 72.3 Å². The Morgan fingerprint density at radius 2 is 0.993 bits per heavy atom. The Balaban J connectivity index is 0.729. The van der Waals surface area contributed by atoms with Gasteiger partial charge in [0.05, 0.1) is 70.2 Å². The summed E-state index contributed by atoms with van der Waals surface area (Å²) in [6.07, 6.45) is -63.5. The minimum absolute atomic E-state index is 0.00138. The summed E-state index contributed by atoms with van der Waals surface area (Å²) >= 11 is 0. The number of aliphatic hydroxyl groups is 23. The Morgan fingerprint density at radius 3 is 1.61 bits per heavy atom. The van der Waals surface area contributed by atoms with E-state index in [1.807, 2.05) is 0 Å². The second-order valence-corrected chi connectivity index (χ2v) is 42.3. The highest BCUT2D eigenvalue weighted by atomic mass is 16.8. The van der Waals surface area contributed by atoms with Crippen molar-refractivity contribution in [2.24, 2.45) is 50.2 Å². The zero-order chi connectivity index (χ0) is 100. The largest absolute Gasteiger partial charge is 0.459 e. The first-order valence-electron chi connectivity index (χ1n) is 47.5. The van der Waals surface area contributed by atoms with Crippen LogP contribution in [0.15, 0.2) is 36.0 Å². The molecule has 4 saturated carbocycles. The van der Waals surface area contributed by atoms with Crippen LogP contribution in [0.2, 0.25) is 0 Å². The van der Waals surface area contributed by atoms with Crippen molar-refractivity contribution in [1.29, 1.82) is 0 Å². The second-order valence-electron chi connectivity index (χ2n) is 42.3. The minimum atomic E-state index is -2.32. The molecule has 9 aliphatic heterocycles. The highest BCUT2D eigenvalue weighted by molar-refractivity contribution is 5.87. The van der Waals surface area contributed by atoms with Crippen LogP contribution in [0.3, 0.4) is 0 Å². The third-order valence-corrected chi connectivity index (χ3v) is 32.5. The van der Waals surface area contributed by atoms with Gasteiger partial charge < -0.3 is 213 Å². The summed E-state index contributed by atoms with van der Waals surface area (Å²) in [6.45, 7) is 19.5. The lowest BCUT2D eigenvalue weighted by atomic mass is 9.33. The maximum absolute atomic E-state index is 16.6. The average Bonchev–Trinajstić information content (AvgIpc) is 0.668. The molecule has 784 valence electrons. The van der Waals surface area contributed by atoms with Gasteiger partial charge in [0, 0.05) is 12.5 Å². The third kappa shape index (κ3) is 21.1. The van der Waals surface area contributed by atoms with Crippen LogP contribution in [0.5, 0.6) is 0 Å². The molecule has 46 nitrogen and oxygen atoms in total. The first kappa shape index (κ1) is 109. The topological polar surface area (TPSA) is 704 Å². The van der Waals surface area contributed by atoms with Gasteiger partial charge in [0.25, 0.3) is 0 Å². The minimum Gasteiger partial charge on any atom is -0.459 e. The number of amides is 1. The van der Waals surface area contributed by atoms with Gasteiger partial charge in [-0.05, 0) is 136 Å². The molecule has 13 fully saturated rings. The molecule has 0 bridgehead atoms. The summed E-state index contributed by atoms with van der Waals surface area (Å²) in [7, 11) is 0. The zero-order valence-electron chi connectivity index (χ0n) is 78.6. The summed E-state index contributed by atoms with van der Waals surface area (Å²) in [4.78, 5) is 43.6. The number of nitrogens with one attached hydrogen (secondary N) is 1. The van der Waals surface area contributed by atoms with Crippen molar-refractivity contribution in [1.82, 2.24) is 5.32 Å². The Labute approximate surface area is 791 Å². The fourth-order valence-electron chi connectivity index (χ4n) is 24.0. The SMILES string of the molecule is C=C[C@](C)(CC/C=C(\C)C(=O)OC[C@H]1O[C@@H](OC(=O)[C@]23CCC(C)(C)C[C@H]2C2=CC[C@H]4[C@@]5(C)CC[C@H](O[C@@H]6O[C@H](CO[C@@H]7OC[C@H](O)[C@H](O)[C@H]7O[C@@H]7OC[C@H](O)[C@H](O)[C@H]7O)[C@@H](O)[C@H](O)[C@H]6NC(C)=O)C(C)(C)[C@H]5CC[C@@]4(C)[C@]2(C)C[C@H]3O)[C@H](O[C@@H]2O[C@@H](C)[C@H](O[C@@H]3OC[C@@H](O)[C@H](O[C@@H]4OC[C@@H](O)[C@H](O)[C@H]4O)[C@H]3O)[C@@H](O[C@@H]3O[C@H](CO)[C@@H](O)[C@H](O)[C@H]3O)[C@H]2O)[C@@H](O)[C@@H]1O)O[C@@H]1OC[C@@H](O)[C@H](O)[C@H]1O. The molecule has 24 N–H and O–H groups in total. The second kappa shape index (κ2) is 42.8. The monoisotopic (exact) mass is 1970 g/mol. The first-order valence-corrected chi connectivity index (χ1v) is 47.5. The van der Waals surface area contributed by atoms with Gasteiger partial charge >= 0.3 is 11.9 Å². The van der Waals surface area contributed by atoms with Crippen molar-refractivity contribution < 1.29 is 222 Å². The molecule has 9 saturated heterocycles. The van der Waals surface area contributed by atoms with Crippen molar-refractivity contribution in [3.63, 3.8) is 0 Å². The predicted molar refractivity (Wildman–Crippen MR) is 455 cm³/mol. The molecule has 0 unspecified atom stereocenters. The lowest BCUT2D eigenvalue weighted by Gasteiger charge is -2.72. The van der Waals surface area contributed by atoms with E-state index in [4.69, 9.17) is 90.0 Å². The lowest BCUT2D eigenvalue weighted by Crippen LogP contribution is -2.69. The number of carbonyl (C=O) groups excluding carboxylic acids is 3. The molecular formula is C91H145NO45. The standard InChI is InChI=1S/C91H145NO45/c1-13-87(9,137-79-65(113)55(103)42(97)30-123-79)20-14-15-35(2)74(117)119-33-46-59(107)62(110)73(135-81-68(116)71(133-80-66(114)61(109)57(105)45(27-93)127-80)69(36(3)126-81)131-78-67(115)70(44(99)32-122-78)132-76-63(111)53(101)40(95)28-120-76)83(129-46)136-84(118)91-24-23-85(5,6)25-39(91)38-16-17-49-88(10)21-19-51(86(7,8)48(88)18-22-89(49,11)90(38,12)26-50(91)100)130-75-52(92-37(4)94)60(108)58(106)47(128-75)34-125-82-72(56(104)43(98)31-124-82)134-77-64(112)54(102)41(96)29-121-77/h13,15-16,36,39-73,75-83,93,95-116H,1,14,17-34H2,2-12H3,(H,92,94)/b35-15+/t36-,39-,40+,41-,42+,43-,44+,45+,46+,47+,48+,49-,50+,51-,52+,53-,54-,55-,56-,57+,58+,59+,60+,61-,62-,63+,64+,65+,66+,67+,68+,69-,70-,71-,72+,73+,75-,76-,77-,78-,79-,80-,81-,82-,83-,87+,88-,89+,90+,91+/m0/s1. The molecule has 0 aromatic rings. The molecule has 5 aliphatic carbocycles. The maximum Gasteiger partial charge on any atom is 0.333 e. The summed E-state index contributed by atoms with van der Waals surface area (Å²) in [5.41, 5.74) is -5.34. The van der Waals surface area contributed by atoms with E-state index in [0.29, 0.717) is 44.9 Å². The van der Waals surface area contributed by atoms with Crippen LogP contribution in [0, 0.1) is 50.2 Å². The summed E-state index contributed by atoms with van der Waals surface area (Å²) in [5, 5.41) is 260. The molecule has 0 radical (unpaired) electrons. The summed E-state index contributed by atoms with van der Waals surface area (Å²) in [6, 6.07) is -1.33. The Morgan fingerprint density at radius 1 is 0.489 bits per heavy atom. The number of aliphatic hydroxyl groups excluding tert-OH is 23. The fraction of sp³-hybridized carbons (Fsp3) is 0.901. The molecule has 137 heavy (non-hydrogen) atoms. The molecule has 0 spiro atoms. The van der Waals surface area contributed by atoms with Crippen LogP contribution >= 0.6 is 0 Å². The Bertz CT molecular complexity index is 4140. The highest BCUT2D eigenvalue weighted by Crippen LogP contribution is 2.76. The van der Waals surface area contributed by atoms with E-state index >= 15 is 4.79 Å². The first-order chi connectivity index (χ1) is 64.3.